The summed E-state index contributed by atoms with van der Waals surface area (Å²) in [7, 11) is 4.75. The lowest BCUT2D eigenvalue weighted by Gasteiger charge is -2.37. The molecule has 0 amide bonds. The summed E-state index contributed by atoms with van der Waals surface area (Å²) in [5.74, 6) is 1.37. The van der Waals surface area contributed by atoms with Crippen LogP contribution in [0.2, 0.25) is 0 Å². The molecule has 11 nitrogen and oxygen atoms in total. The van der Waals surface area contributed by atoms with Crippen LogP contribution in [0.4, 0.5) is 0 Å². The van der Waals surface area contributed by atoms with E-state index >= 15 is 0 Å². The summed E-state index contributed by atoms with van der Waals surface area (Å²) in [6, 6.07) is 24.9. The molecule has 11 heteroatoms. The molecule has 4 atom stereocenters. The fourth-order valence-electron chi connectivity index (χ4n) is 5.58. The highest BCUT2D eigenvalue weighted by molar-refractivity contribution is 5.49. The first-order valence-electron chi connectivity index (χ1n) is 14.6. The fraction of sp³-hybridized carbons (Fsp3) is 0.353. The molecule has 3 aromatic carbocycles. The highest BCUT2D eigenvalue weighted by Gasteiger charge is 2.48. The number of nitrogens with zero attached hydrogens (tertiary/aromatic N) is 1. The normalized spacial score (nSPS) is 19.8. The third-order valence-corrected chi connectivity index (χ3v) is 7.97. The maximum atomic E-state index is 12.9. The van der Waals surface area contributed by atoms with Crippen LogP contribution in [0.3, 0.4) is 0 Å². The van der Waals surface area contributed by atoms with Gasteiger partial charge in [0.05, 0.1) is 34.0 Å². The van der Waals surface area contributed by atoms with Crippen LogP contribution in [0.1, 0.15) is 28.5 Å². The van der Waals surface area contributed by atoms with Crippen LogP contribution in [0.5, 0.6) is 11.5 Å². The van der Waals surface area contributed by atoms with Gasteiger partial charge in [0.2, 0.25) is 0 Å². The van der Waals surface area contributed by atoms with E-state index in [1.807, 2.05) is 78.9 Å². The molecule has 1 aliphatic rings. The second-order valence-corrected chi connectivity index (χ2v) is 10.7. The molecule has 45 heavy (non-hydrogen) atoms. The first kappa shape index (κ1) is 32.1. The summed E-state index contributed by atoms with van der Waals surface area (Å²) in [5.41, 5.74) is 0.430. The Kier molecular flexibility index (Phi) is 10.2. The van der Waals surface area contributed by atoms with Gasteiger partial charge < -0.3 is 33.5 Å². The third kappa shape index (κ3) is 6.58. The summed E-state index contributed by atoms with van der Waals surface area (Å²) >= 11 is 0. The molecule has 0 aliphatic carbocycles. The zero-order valence-corrected chi connectivity index (χ0v) is 25.7. The van der Waals surface area contributed by atoms with Crippen molar-refractivity contribution in [2.45, 2.75) is 37.1 Å². The minimum Gasteiger partial charge on any atom is -0.497 e. The van der Waals surface area contributed by atoms with Crippen molar-refractivity contribution in [3.8, 4) is 11.5 Å². The number of hydrogen-bond acceptors (Lipinski definition) is 9. The van der Waals surface area contributed by atoms with Crippen molar-refractivity contribution in [3.05, 3.63) is 128 Å². The van der Waals surface area contributed by atoms with Crippen molar-refractivity contribution < 1.29 is 33.5 Å². The first-order valence-corrected chi connectivity index (χ1v) is 14.6. The number of aromatic nitrogens is 2. The van der Waals surface area contributed by atoms with E-state index in [1.54, 1.807) is 21.1 Å². The Morgan fingerprint density at radius 3 is 1.98 bits per heavy atom. The average molecular weight is 619 g/mol. The Morgan fingerprint density at radius 1 is 0.844 bits per heavy atom. The molecule has 0 radical (unpaired) electrons. The maximum absolute atomic E-state index is 12.9. The standard InChI is InChI=1S/C34H38N2O9/c1-22-20-36(33(39)35-31(22)38)32-30(43-19-18-40-2)29(37)28(45-32)21-44-34(23-8-6-5-7-9-23,24-10-14-26(41-3)15-11-24)25-12-16-27(42-4)17-13-25/h5-17,20,28-30,32,37H,18-19,21H2,1-4H3,(H,35,38,39)/t28-,29+,30+,32-/m1/s1. The molecule has 0 bridgehead atoms. The van der Waals surface area contributed by atoms with Gasteiger partial charge in [0.15, 0.2) is 6.23 Å². The van der Waals surface area contributed by atoms with E-state index in [1.165, 1.54) is 17.9 Å². The van der Waals surface area contributed by atoms with E-state index in [0.29, 0.717) is 17.1 Å². The lowest BCUT2D eigenvalue weighted by Crippen LogP contribution is -2.41. The second kappa shape index (κ2) is 14.2. The van der Waals surface area contributed by atoms with E-state index in [2.05, 4.69) is 4.98 Å². The van der Waals surface area contributed by atoms with Crippen molar-refractivity contribution in [2.75, 3.05) is 41.2 Å². The van der Waals surface area contributed by atoms with E-state index in [0.717, 1.165) is 16.7 Å². The molecule has 1 saturated heterocycles. The zero-order valence-electron chi connectivity index (χ0n) is 25.7. The highest BCUT2D eigenvalue weighted by Crippen LogP contribution is 2.43. The van der Waals surface area contributed by atoms with Crippen LogP contribution < -0.4 is 20.7 Å². The number of rotatable bonds is 13. The summed E-state index contributed by atoms with van der Waals surface area (Å²) < 4.78 is 36.4. The van der Waals surface area contributed by atoms with Gasteiger partial charge >= 0.3 is 5.69 Å². The zero-order chi connectivity index (χ0) is 32.0. The predicted octanol–water partition coefficient (Wildman–Crippen LogP) is 3.16. The van der Waals surface area contributed by atoms with Gasteiger partial charge in [0.1, 0.15) is 35.4 Å². The number of nitrogens with one attached hydrogen (secondary N) is 1. The van der Waals surface area contributed by atoms with E-state index < -0.39 is 41.4 Å². The van der Waals surface area contributed by atoms with Gasteiger partial charge in [-0.2, -0.15) is 0 Å². The van der Waals surface area contributed by atoms with Crippen molar-refractivity contribution in [3.63, 3.8) is 0 Å². The second-order valence-electron chi connectivity index (χ2n) is 10.7. The van der Waals surface area contributed by atoms with Crippen LogP contribution in [-0.4, -0.2) is 74.1 Å². The van der Waals surface area contributed by atoms with Crippen LogP contribution >= 0.6 is 0 Å². The Labute approximate surface area is 260 Å². The Morgan fingerprint density at radius 2 is 1.42 bits per heavy atom. The fourth-order valence-corrected chi connectivity index (χ4v) is 5.58. The highest BCUT2D eigenvalue weighted by atomic mass is 16.6. The number of aromatic amines is 1. The van der Waals surface area contributed by atoms with Gasteiger partial charge in [-0.05, 0) is 47.9 Å². The quantitative estimate of drug-likeness (QED) is 0.171. The number of aryl methyl sites for hydroxylation is 1. The first-order chi connectivity index (χ1) is 21.8. The Bertz CT molecular complexity index is 1610. The van der Waals surface area contributed by atoms with Gasteiger partial charge in [-0.3, -0.25) is 14.3 Å². The molecule has 238 valence electrons. The van der Waals surface area contributed by atoms with Crippen LogP contribution in [-0.2, 0) is 24.5 Å². The summed E-state index contributed by atoms with van der Waals surface area (Å²) in [6.07, 6.45) is -2.70. The maximum Gasteiger partial charge on any atom is 0.330 e. The van der Waals surface area contributed by atoms with Crippen LogP contribution in [0, 0.1) is 6.92 Å². The Balaban J connectivity index is 1.56. The SMILES string of the molecule is COCCO[C@H]1[C@@H](O)[C@@H](COC(c2ccccc2)(c2ccc(OC)cc2)c2ccc(OC)cc2)O[C@H]1n1cc(C)c(=O)[nH]c1=O. The smallest absolute Gasteiger partial charge is 0.330 e. The number of aliphatic hydroxyl groups is 1. The van der Waals surface area contributed by atoms with Gasteiger partial charge in [0, 0.05) is 18.9 Å². The van der Waals surface area contributed by atoms with Crippen LogP contribution in [0.25, 0.3) is 0 Å². The van der Waals surface area contributed by atoms with Crippen molar-refractivity contribution in [2.24, 2.45) is 0 Å². The summed E-state index contributed by atoms with van der Waals surface area (Å²) in [5, 5.41) is 11.5. The number of H-pyrrole nitrogens is 1. The molecule has 5 rings (SSSR count). The number of methoxy groups -OCH3 is 3. The number of aliphatic hydroxyl groups excluding tert-OH is 1. The van der Waals surface area contributed by atoms with Crippen LogP contribution in [0.15, 0.2) is 94.6 Å². The molecule has 4 aromatic rings. The largest absolute Gasteiger partial charge is 0.497 e. The van der Waals surface area contributed by atoms with Crippen molar-refractivity contribution in [1.29, 1.82) is 0 Å². The van der Waals surface area contributed by atoms with Crippen molar-refractivity contribution >= 4 is 0 Å². The van der Waals surface area contributed by atoms with E-state index in [4.69, 9.17) is 28.4 Å². The topological polar surface area (TPSA) is 130 Å². The molecule has 2 heterocycles. The molecule has 0 spiro atoms. The molecule has 1 fully saturated rings. The molecule has 1 aliphatic heterocycles. The molecule has 2 N–H and O–H groups in total. The minimum atomic E-state index is -1.19. The summed E-state index contributed by atoms with van der Waals surface area (Å²) in [4.78, 5) is 27.2. The average Bonchev–Trinajstić information content (AvgIpc) is 3.38. The van der Waals surface area contributed by atoms with Gasteiger partial charge in [-0.25, -0.2) is 4.79 Å². The minimum absolute atomic E-state index is 0.0914. The predicted molar refractivity (Wildman–Crippen MR) is 166 cm³/mol. The van der Waals surface area contributed by atoms with E-state index in [-0.39, 0.29) is 19.8 Å². The summed E-state index contributed by atoms with van der Waals surface area (Å²) in [6.45, 7) is 1.91. The van der Waals surface area contributed by atoms with Gasteiger partial charge in [-0.1, -0.05) is 54.6 Å². The molecule has 1 aromatic heterocycles. The Hall–Kier alpha value is -4.26. The van der Waals surface area contributed by atoms with Gasteiger partial charge in [0.25, 0.3) is 5.56 Å². The molecular formula is C34H38N2O9. The monoisotopic (exact) mass is 618 g/mol. The van der Waals surface area contributed by atoms with Gasteiger partial charge in [-0.15, -0.1) is 0 Å². The van der Waals surface area contributed by atoms with Crippen molar-refractivity contribution in [1.82, 2.24) is 9.55 Å². The number of ether oxygens (including phenoxy) is 6. The third-order valence-electron chi connectivity index (χ3n) is 7.97. The number of hydrogen-bond donors (Lipinski definition) is 2. The molecular weight excluding hydrogens is 580 g/mol. The number of benzene rings is 3. The molecule has 0 saturated carbocycles. The van der Waals surface area contributed by atoms with E-state index in [9.17, 15) is 14.7 Å². The lowest BCUT2D eigenvalue weighted by molar-refractivity contribution is -0.0994. The lowest BCUT2D eigenvalue weighted by atomic mass is 9.80. The molecule has 0 unspecified atom stereocenters.